The van der Waals surface area contributed by atoms with Gasteiger partial charge in [0.2, 0.25) is 0 Å². The van der Waals surface area contributed by atoms with Crippen molar-refractivity contribution in [3.8, 4) is 0 Å². The average Bonchev–Trinajstić information content (AvgIpc) is 3.29. The summed E-state index contributed by atoms with van der Waals surface area (Å²) in [7, 11) is -3.00. The van der Waals surface area contributed by atoms with Crippen molar-refractivity contribution in [1.82, 2.24) is 10.8 Å². The molecule has 0 fully saturated rings. The van der Waals surface area contributed by atoms with E-state index in [1.54, 1.807) is 6.08 Å². The van der Waals surface area contributed by atoms with Gasteiger partial charge in [0.25, 0.3) is 14.2 Å². The van der Waals surface area contributed by atoms with Crippen LogP contribution in [0.4, 0.5) is 4.79 Å². The summed E-state index contributed by atoms with van der Waals surface area (Å²) in [6.07, 6.45) is -0.669. The lowest BCUT2D eigenvalue weighted by Gasteiger charge is -2.45. The van der Waals surface area contributed by atoms with Gasteiger partial charge in [-0.15, -0.1) is 6.58 Å². The number of carbonyl (C=O) groups is 2. The van der Waals surface area contributed by atoms with Crippen LogP contribution >= 0.6 is 0 Å². The third kappa shape index (κ3) is 10.0. The molecule has 6 aromatic carbocycles. The van der Waals surface area contributed by atoms with Gasteiger partial charge in [0.15, 0.2) is 5.60 Å². The minimum atomic E-state index is -3.00. The molecular formula is C51H54N2O6Si. The summed E-state index contributed by atoms with van der Waals surface area (Å²) in [4.78, 5) is 34.5. The van der Waals surface area contributed by atoms with Crippen molar-refractivity contribution in [1.29, 1.82) is 0 Å². The van der Waals surface area contributed by atoms with E-state index in [-0.39, 0.29) is 18.1 Å². The molecule has 0 saturated carbocycles. The Kier molecular flexibility index (Phi) is 14.7. The van der Waals surface area contributed by atoms with Crippen LogP contribution in [0.5, 0.6) is 0 Å². The van der Waals surface area contributed by atoms with E-state index in [1.807, 2.05) is 158 Å². The minimum Gasteiger partial charge on any atom is -0.445 e. The zero-order valence-electron chi connectivity index (χ0n) is 34.4. The molecule has 3 atom stereocenters. The first-order valence-corrected chi connectivity index (χ1v) is 22.2. The van der Waals surface area contributed by atoms with E-state index in [0.717, 1.165) is 32.6 Å². The van der Waals surface area contributed by atoms with Gasteiger partial charge < -0.3 is 19.6 Å². The Hall–Kier alpha value is -6.10. The van der Waals surface area contributed by atoms with Crippen molar-refractivity contribution in [3.63, 3.8) is 0 Å². The maximum absolute atomic E-state index is 14.5. The summed E-state index contributed by atoms with van der Waals surface area (Å²) >= 11 is 0. The van der Waals surface area contributed by atoms with Crippen molar-refractivity contribution in [2.75, 3.05) is 0 Å². The molecule has 6 aromatic rings. The van der Waals surface area contributed by atoms with Gasteiger partial charge in [0, 0.05) is 0 Å². The van der Waals surface area contributed by atoms with E-state index >= 15 is 0 Å². The zero-order chi connectivity index (χ0) is 42.4. The first-order chi connectivity index (χ1) is 29.1. The van der Waals surface area contributed by atoms with E-state index < -0.39 is 44.2 Å². The second-order valence-electron chi connectivity index (χ2n) is 15.7. The van der Waals surface area contributed by atoms with Crippen molar-refractivity contribution in [2.45, 2.75) is 69.1 Å². The molecule has 0 aromatic heterocycles. The van der Waals surface area contributed by atoms with Gasteiger partial charge in [0.1, 0.15) is 12.6 Å². The fourth-order valence-electron chi connectivity index (χ4n) is 7.76. The number of hydrogen-bond acceptors (Lipinski definition) is 6. The third-order valence-corrected chi connectivity index (χ3v) is 15.8. The molecule has 3 N–H and O–H groups in total. The number of aliphatic hydroxyl groups excluding tert-OH is 1. The summed E-state index contributed by atoms with van der Waals surface area (Å²) < 4.78 is 12.8. The van der Waals surface area contributed by atoms with Crippen LogP contribution in [-0.4, -0.2) is 43.7 Å². The SMILES string of the molecule is C=CC(CCC(O)C(NC(=O)OCc1ccccc1)C(=O)NOC(c1ccccc1)(c1ccccc1)c1ccccc1)O[Si](c1ccccc1)(c1ccccc1)C(C)(C)C. The van der Waals surface area contributed by atoms with Crippen molar-refractivity contribution < 1.29 is 28.7 Å². The number of ether oxygens (including phenoxy) is 1. The van der Waals surface area contributed by atoms with Crippen LogP contribution in [0.3, 0.4) is 0 Å². The smallest absolute Gasteiger partial charge is 0.408 e. The fourth-order valence-corrected chi connectivity index (χ4v) is 12.4. The van der Waals surface area contributed by atoms with Crippen LogP contribution in [0.2, 0.25) is 5.04 Å². The highest BCUT2D eigenvalue weighted by Crippen LogP contribution is 2.40. The normalized spacial score (nSPS) is 13.3. The number of nitrogens with one attached hydrogen (secondary N) is 2. The maximum atomic E-state index is 14.5. The lowest BCUT2D eigenvalue weighted by Crippen LogP contribution is -2.67. The summed E-state index contributed by atoms with van der Waals surface area (Å²) in [6.45, 7) is 10.7. The van der Waals surface area contributed by atoms with E-state index in [0.29, 0.717) is 6.42 Å². The minimum absolute atomic E-state index is 0.0302. The summed E-state index contributed by atoms with van der Waals surface area (Å²) in [6, 6.07) is 57.0. The van der Waals surface area contributed by atoms with Gasteiger partial charge in [0.05, 0.1) is 12.2 Å². The van der Waals surface area contributed by atoms with Crippen LogP contribution < -0.4 is 21.2 Å². The number of hydroxylamine groups is 1. The first-order valence-electron chi connectivity index (χ1n) is 20.3. The van der Waals surface area contributed by atoms with Crippen molar-refractivity contribution in [3.05, 3.63) is 217 Å². The number of carbonyl (C=O) groups excluding carboxylic acids is 2. The van der Waals surface area contributed by atoms with Crippen LogP contribution in [0.15, 0.2) is 195 Å². The Morgan fingerprint density at radius 2 is 1.07 bits per heavy atom. The molecule has 0 aliphatic rings. The predicted octanol–water partition coefficient (Wildman–Crippen LogP) is 8.59. The summed E-state index contributed by atoms with van der Waals surface area (Å²) in [5.41, 5.74) is 4.39. The molecule has 2 amide bonds. The van der Waals surface area contributed by atoms with Crippen LogP contribution in [0.1, 0.15) is 55.9 Å². The Bertz CT molecular complexity index is 2100. The lowest BCUT2D eigenvalue weighted by molar-refractivity contribution is -0.148. The van der Waals surface area contributed by atoms with Gasteiger partial charge in [-0.3, -0.25) is 9.63 Å². The molecule has 308 valence electrons. The molecule has 3 unspecified atom stereocenters. The molecule has 6 rings (SSSR count). The highest BCUT2D eigenvalue weighted by Gasteiger charge is 2.51. The number of rotatable bonds is 18. The van der Waals surface area contributed by atoms with Crippen LogP contribution in [0, 0.1) is 0 Å². The highest BCUT2D eigenvalue weighted by atomic mass is 28.4. The van der Waals surface area contributed by atoms with E-state index in [9.17, 15) is 14.7 Å². The third-order valence-electron chi connectivity index (χ3n) is 10.8. The van der Waals surface area contributed by atoms with Gasteiger partial charge in [-0.1, -0.05) is 209 Å². The molecule has 0 bridgehead atoms. The second kappa shape index (κ2) is 20.2. The number of amides is 2. The van der Waals surface area contributed by atoms with E-state index in [4.69, 9.17) is 14.0 Å². The molecule has 0 heterocycles. The second-order valence-corrected chi connectivity index (χ2v) is 20.0. The number of hydrogen-bond donors (Lipinski definition) is 3. The summed E-state index contributed by atoms with van der Waals surface area (Å²) in [5.74, 6) is -0.769. The molecule has 0 spiro atoms. The zero-order valence-corrected chi connectivity index (χ0v) is 35.4. The maximum Gasteiger partial charge on any atom is 0.408 e. The van der Waals surface area contributed by atoms with Gasteiger partial charge in [-0.2, -0.15) is 0 Å². The van der Waals surface area contributed by atoms with Crippen LogP contribution in [0.25, 0.3) is 0 Å². The standard InChI is InChI=1S/C51H54N2O6Si/c1-5-43(58-60(50(2,3)4,44-32-20-10-21-33-44)45-34-22-11-23-35-45)36-37-46(54)47(52-49(56)57-38-39-24-12-6-13-25-39)48(55)53-59-51(40-26-14-7-15-27-40,41-28-16-8-17-29-41)42-30-18-9-19-31-42/h5-35,43,46-47,54H,1,36-38H2,2-4H3,(H,52,56)(H,53,55). The highest BCUT2D eigenvalue weighted by molar-refractivity contribution is 6.99. The molecule has 0 aliphatic heterocycles. The van der Waals surface area contributed by atoms with Crippen molar-refractivity contribution >= 4 is 30.7 Å². The topological polar surface area (TPSA) is 106 Å². The largest absolute Gasteiger partial charge is 0.445 e. The average molecular weight is 819 g/mol. The predicted molar refractivity (Wildman–Crippen MR) is 240 cm³/mol. The van der Waals surface area contributed by atoms with E-state index in [2.05, 4.69) is 62.4 Å². The molecule has 60 heavy (non-hydrogen) atoms. The molecule has 0 saturated heterocycles. The Morgan fingerprint density at radius 3 is 1.48 bits per heavy atom. The van der Waals surface area contributed by atoms with Crippen LogP contribution in [-0.2, 0) is 31.0 Å². The van der Waals surface area contributed by atoms with Gasteiger partial charge in [-0.25, -0.2) is 10.3 Å². The van der Waals surface area contributed by atoms with Gasteiger partial charge in [-0.05, 0) is 50.5 Å². The summed E-state index contributed by atoms with van der Waals surface area (Å²) in [5, 5.41) is 16.5. The number of alkyl carbamates (subject to hydrolysis) is 1. The van der Waals surface area contributed by atoms with E-state index in [1.165, 1.54) is 0 Å². The molecule has 9 heteroatoms. The lowest BCUT2D eigenvalue weighted by atomic mass is 9.80. The Morgan fingerprint density at radius 1 is 0.650 bits per heavy atom. The number of aliphatic hydroxyl groups is 1. The molecular weight excluding hydrogens is 765 g/mol. The quantitative estimate of drug-likeness (QED) is 0.0348. The Balaban J connectivity index is 1.29. The molecule has 0 radical (unpaired) electrons. The first kappa shape index (κ1) is 43.5. The Labute approximate surface area is 355 Å². The number of benzene rings is 6. The molecule has 0 aliphatic carbocycles. The monoisotopic (exact) mass is 818 g/mol. The fraction of sp³-hybridized carbons (Fsp3) is 0.216. The van der Waals surface area contributed by atoms with Gasteiger partial charge >= 0.3 is 6.09 Å². The molecule has 8 nitrogen and oxygen atoms in total. The van der Waals surface area contributed by atoms with Crippen molar-refractivity contribution in [2.24, 2.45) is 0 Å².